The number of nitrogens with one attached hydrogen (secondary N) is 1. The summed E-state index contributed by atoms with van der Waals surface area (Å²) >= 11 is 0. The van der Waals surface area contributed by atoms with Crippen LogP contribution in [0.15, 0.2) is 0 Å². The molecule has 0 spiro atoms. The van der Waals surface area contributed by atoms with E-state index in [1.165, 1.54) is 38.5 Å². The molecule has 0 aromatic rings. The van der Waals surface area contributed by atoms with E-state index in [0.29, 0.717) is 5.92 Å². The van der Waals surface area contributed by atoms with Gasteiger partial charge in [0.05, 0.1) is 6.07 Å². The number of hydrogen-bond acceptors (Lipinski definition) is 2. The van der Waals surface area contributed by atoms with E-state index in [2.05, 4.69) is 11.4 Å². The first kappa shape index (κ1) is 9.02. The van der Waals surface area contributed by atoms with Crippen LogP contribution in [-0.4, -0.2) is 12.1 Å². The van der Waals surface area contributed by atoms with Gasteiger partial charge in [-0.15, -0.1) is 0 Å². The first-order valence-electron chi connectivity index (χ1n) is 5.54. The molecule has 1 heterocycles. The lowest BCUT2D eigenvalue weighted by Crippen LogP contribution is -2.46. The lowest BCUT2D eigenvalue weighted by molar-refractivity contribution is 0.233. The van der Waals surface area contributed by atoms with Crippen LogP contribution in [0.3, 0.4) is 0 Å². The van der Waals surface area contributed by atoms with Gasteiger partial charge in [-0.2, -0.15) is 5.26 Å². The van der Waals surface area contributed by atoms with Crippen LogP contribution in [0.2, 0.25) is 0 Å². The minimum atomic E-state index is -0.138. The van der Waals surface area contributed by atoms with Crippen molar-refractivity contribution in [2.45, 2.75) is 50.5 Å². The van der Waals surface area contributed by atoms with E-state index in [1.807, 2.05) is 0 Å². The van der Waals surface area contributed by atoms with Crippen LogP contribution in [0, 0.1) is 17.2 Å². The van der Waals surface area contributed by atoms with Crippen molar-refractivity contribution in [3.63, 3.8) is 0 Å². The smallest absolute Gasteiger partial charge is 0.109 e. The fraction of sp³-hybridized carbons (Fsp3) is 0.909. The third-order valence-corrected chi connectivity index (χ3v) is 3.69. The van der Waals surface area contributed by atoms with Crippen LogP contribution < -0.4 is 5.32 Å². The SMILES string of the molecule is N#CC1(C2CCCCC2)CCCN1. The topological polar surface area (TPSA) is 35.8 Å². The third kappa shape index (κ3) is 1.58. The Balaban J connectivity index is 2.06. The summed E-state index contributed by atoms with van der Waals surface area (Å²) in [6.07, 6.45) is 8.82. The zero-order valence-corrected chi connectivity index (χ0v) is 8.18. The molecule has 0 amide bonds. The molecule has 2 heteroatoms. The Hall–Kier alpha value is -0.550. The highest BCUT2D eigenvalue weighted by atomic mass is 15.0. The number of nitrogens with zero attached hydrogens (tertiary/aromatic N) is 1. The van der Waals surface area contributed by atoms with Gasteiger partial charge in [-0.3, -0.25) is 5.32 Å². The summed E-state index contributed by atoms with van der Waals surface area (Å²) in [5.74, 6) is 0.633. The third-order valence-electron chi connectivity index (χ3n) is 3.69. The van der Waals surface area contributed by atoms with Gasteiger partial charge in [0.2, 0.25) is 0 Å². The molecule has 13 heavy (non-hydrogen) atoms. The number of hydrogen-bond donors (Lipinski definition) is 1. The van der Waals surface area contributed by atoms with Crippen LogP contribution in [0.4, 0.5) is 0 Å². The first-order chi connectivity index (χ1) is 6.37. The van der Waals surface area contributed by atoms with Crippen molar-refractivity contribution in [1.82, 2.24) is 5.32 Å². The molecule has 0 bridgehead atoms. The fourth-order valence-corrected chi connectivity index (χ4v) is 2.90. The van der Waals surface area contributed by atoms with E-state index in [0.717, 1.165) is 13.0 Å². The van der Waals surface area contributed by atoms with Crippen LogP contribution in [0.25, 0.3) is 0 Å². The Kier molecular flexibility index (Phi) is 2.55. The predicted octanol–water partition coefficient (Wildman–Crippen LogP) is 2.21. The lowest BCUT2D eigenvalue weighted by Gasteiger charge is -2.34. The standard InChI is InChI=1S/C11H18N2/c12-9-11(7-4-8-13-11)10-5-2-1-3-6-10/h10,13H,1-8H2. The van der Waals surface area contributed by atoms with Crippen molar-refractivity contribution in [3.8, 4) is 6.07 Å². The zero-order valence-electron chi connectivity index (χ0n) is 8.18. The van der Waals surface area contributed by atoms with Crippen LogP contribution in [-0.2, 0) is 0 Å². The highest BCUT2D eigenvalue weighted by Crippen LogP contribution is 2.37. The maximum absolute atomic E-state index is 9.26. The van der Waals surface area contributed by atoms with Crippen LogP contribution in [0.1, 0.15) is 44.9 Å². The fourth-order valence-electron chi connectivity index (χ4n) is 2.90. The van der Waals surface area contributed by atoms with Crippen molar-refractivity contribution in [2.75, 3.05) is 6.54 Å². The molecule has 0 aromatic heterocycles. The summed E-state index contributed by atoms with van der Waals surface area (Å²) in [6.45, 7) is 1.05. The second-order valence-corrected chi connectivity index (χ2v) is 4.45. The molecule has 1 unspecified atom stereocenters. The van der Waals surface area contributed by atoms with E-state index in [4.69, 9.17) is 0 Å². The van der Waals surface area contributed by atoms with E-state index < -0.39 is 0 Å². The van der Waals surface area contributed by atoms with Gasteiger partial charge in [-0.25, -0.2) is 0 Å². The quantitative estimate of drug-likeness (QED) is 0.668. The minimum absolute atomic E-state index is 0.138. The summed E-state index contributed by atoms with van der Waals surface area (Å²) in [7, 11) is 0. The Morgan fingerprint density at radius 2 is 1.92 bits per heavy atom. The minimum Gasteiger partial charge on any atom is -0.299 e. The van der Waals surface area contributed by atoms with Gasteiger partial charge in [0.1, 0.15) is 5.54 Å². The van der Waals surface area contributed by atoms with Gasteiger partial charge in [-0.05, 0) is 38.1 Å². The Morgan fingerprint density at radius 1 is 1.15 bits per heavy atom. The number of nitriles is 1. The normalized spacial score (nSPS) is 35.9. The Bertz CT molecular complexity index is 205. The predicted molar refractivity (Wildman–Crippen MR) is 52.2 cm³/mol. The van der Waals surface area contributed by atoms with Gasteiger partial charge < -0.3 is 0 Å². The molecule has 0 radical (unpaired) electrons. The second kappa shape index (κ2) is 3.67. The lowest BCUT2D eigenvalue weighted by atomic mass is 9.75. The Labute approximate surface area is 80.3 Å². The summed E-state index contributed by atoms with van der Waals surface area (Å²) < 4.78 is 0. The maximum Gasteiger partial charge on any atom is 0.109 e. The molecule has 0 aromatic carbocycles. The van der Waals surface area contributed by atoms with E-state index >= 15 is 0 Å². The van der Waals surface area contributed by atoms with Crippen LogP contribution >= 0.6 is 0 Å². The van der Waals surface area contributed by atoms with Gasteiger partial charge in [0.15, 0.2) is 0 Å². The molecule has 1 aliphatic heterocycles. The summed E-state index contributed by atoms with van der Waals surface area (Å²) in [5.41, 5.74) is -0.138. The van der Waals surface area contributed by atoms with Gasteiger partial charge in [-0.1, -0.05) is 19.3 Å². The Morgan fingerprint density at radius 3 is 2.46 bits per heavy atom. The molecule has 1 aliphatic carbocycles. The molecule has 1 N–H and O–H groups in total. The van der Waals surface area contributed by atoms with Crippen molar-refractivity contribution in [1.29, 1.82) is 5.26 Å². The summed E-state index contributed by atoms with van der Waals surface area (Å²) in [6, 6.07) is 2.54. The van der Waals surface area contributed by atoms with Crippen molar-refractivity contribution in [2.24, 2.45) is 5.92 Å². The van der Waals surface area contributed by atoms with Crippen molar-refractivity contribution < 1.29 is 0 Å². The zero-order chi connectivity index (χ0) is 9.15. The molecule has 1 atom stereocenters. The second-order valence-electron chi connectivity index (χ2n) is 4.45. The van der Waals surface area contributed by atoms with Crippen molar-refractivity contribution >= 4 is 0 Å². The van der Waals surface area contributed by atoms with Crippen LogP contribution in [0.5, 0.6) is 0 Å². The van der Waals surface area contributed by atoms with E-state index in [1.54, 1.807) is 0 Å². The summed E-state index contributed by atoms with van der Waals surface area (Å²) in [4.78, 5) is 0. The monoisotopic (exact) mass is 178 g/mol. The van der Waals surface area contributed by atoms with Gasteiger partial charge in [0, 0.05) is 0 Å². The molecule has 72 valence electrons. The maximum atomic E-state index is 9.26. The molecule has 2 fully saturated rings. The molecule has 1 saturated heterocycles. The molecule has 2 nitrogen and oxygen atoms in total. The van der Waals surface area contributed by atoms with E-state index in [-0.39, 0.29) is 5.54 Å². The number of rotatable bonds is 1. The highest BCUT2D eigenvalue weighted by molar-refractivity contribution is 5.13. The molecule has 2 rings (SSSR count). The molecular weight excluding hydrogens is 160 g/mol. The average Bonchev–Trinajstić information content (AvgIpc) is 2.69. The largest absolute Gasteiger partial charge is 0.299 e. The first-order valence-corrected chi connectivity index (χ1v) is 5.54. The molecular formula is C11H18N2. The van der Waals surface area contributed by atoms with Crippen molar-refractivity contribution in [3.05, 3.63) is 0 Å². The average molecular weight is 178 g/mol. The summed E-state index contributed by atoms with van der Waals surface area (Å²) in [5, 5.41) is 12.7. The van der Waals surface area contributed by atoms with Gasteiger partial charge >= 0.3 is 0 Å². The molecule has 2 aliphatic rings. The molecule has 1 saturated carbocycles. The van der Waals surface area contributed by atoms with E-state index in [9.17, 15) is 5.26 Å². The highest BCUT2D eigenvalue weighted by Gasteiger charge is 2.41. The van der Waals surface area contributed by atoms with Gasteiger partial charge in [0.25, 0.3) is 0 Å².